The Bertz CT molecular complexity index is 1120. The Labute approximate surface area is 156 Å². The molecule has 5 nitrogen and oxygen atoms in total. The van der Waals surface area contributed by atoms with Crippen LogP contribution in [0.25, 0.3) is 11.6 Å². The van der Waals surface area contributed by atoms with Crippen LogP contribution in [-0.4, -0.2) is 23.7 Å². The molecule has 2 aromatic carbocycles. The van der Waals surface area contributed by atoms with Crippen LogP contribution >= 0.6 is 0 Å². The predicted octanol–water partition coefficient (Wildman–Crippen LogP) is 4.19. The number of carbonyl (C=O) groups excluding carboxylic acids is 1. The highest BCUT2D eigenvalue weighted by Gasteiger charge is 2.31. The summed E-state index contributed by atoms with van der Waals surface area (Å²) in [5, 5.41) is 2.95. The number of H-pyrrole nitrogens is 1. The maximum absolute atomic E-state index is 12.6. The van der Waals surface area contributed by atoms with Crippen LogP contribution in [0.1, 0.15) is 22.4 Å². The lowest BCUT2D eigenvalue weighted by Gasteiger charge is -2.05. The number of hydrogen-bond acceptors (Lipinski definition) is 3. The van der Waals surface area contributed by atoms with Gasteiger partial charge in [0.2, 0.25) is 0 Å². The van der Waals surface area contributed by atoms with E-state index in [1.165, 1.54) is 0 Å². The van der Waals surface area contributed by atoms with Crippen molar-refractivity contribution in [2.45, 2.75) is 6.42 Å². The first-order valence-electron chi connectivity index (χ1n) is 8.78. The van der Waals surface area contributed by atoms with E-state index in [4.69, 9.17) is 9.73 Å². The number of rotatable bonds is 3. The van der Waals surface area contributed by atoms with Gasteiger partial charge in [-0.25, -0.2) is 0 Å². The Morgan fingerprint density at radius 1 is 1.11 bits per heavy atom. The van der Waals surface area contributed by atoms with Gasteiger partial charge < -0.3 is 15.0 Å². The Kier molecular flexibility index (Phi) is 3.47. The van der Waals surface area contributed by atoms with Crippen molar-refractivity contribution in [1.82, 2.24) is 4.98 Å². The van der Waals surface area contributed by atoms with Gasteiger partial charge in [-0.2, -0.15) is 0 Å². The minimum atomic E-state index is -0.126. The molecule has 132 valence electrons. The summed E-state index contributed by atoms with van der Waals surface area (Å²) in [5.74, 6) is 0.572. The molecule has 0 saturated carbocycles. The number of aromatic amines is 1. The van der Waals surface area contributed by atoms with Gasteiger partial charge in [0.25, 0.3) is 5.91 Å². The van der Waals surface area contributed by atoms with E-state index in [0.29, 0.717) is 11.3 Å². The van der Waals surface area contributed by atoms with E-state index in [1.807, 2.05) is 42.5 Å². The quantitative estimate of drug-likeness (QED) is 0.692. The van der Waals surface area contributed by atoms with Gasteiger partial charge in [0.15, 0.2) is 0 Å². The Morgan fingerprint density at radius 3 is 2.78 bits per heavy atom. The highest BCUT2D eigenvalue weighted by atomic mass is 16.5. The average Bonchev–Trinajstić information content (AvgIpc) is 3.39. The van der Waals surface area contributed by atoms with Gasteiger partial charge in [0, 0.05) is 18.2 Å². The van der Waals surface area contributed by atoms with Gasteiger partial charge >= 0.3 is 0 Å². The molecule has 0 fully saturated rings. The van der Waals surface area contributed by atoms with Crippen molar-refractivity contribution >= 4 is 34.6 Å². The molecule has 2 aliphatic heterocycles. The molecule has 0 atom stereocenters. The van der Waals surface area contributed by atoms with Crippen molar-refractivity contribution < 1.29 is 9.53 Å². The first-order valence-corrected chi connectivity index (χ1v) is 8.78. The van der Waals surface area contributed by atoms with E-state index >= 15 is 0 Å². The molecule has 27 heavy (non-hydrogen) atoms. The summed E-state index contributed by atoms with van der Waals surface area (Å²) >= 11 is 0. The summed E-state index contributed by atoms with van der Waals surface area (Å²) in [5.41, 5.74) is 7.16. The van der Waals surface area contributed by atoms with Gasteiger partial charge in [0.05, 0.1) is 35.5 Å². The zero-order valence-electron chi connectivity index (χ0n) is 14.7. The molecule has 2 aliphatic rings. The largest absolute Gasteiger partial charge is 0.495 e. The minimum absolute atomic E-state index is 0.126. The van der Waals surface area contributed by atoms with Crippen LogP contribution in [0.3, 0.4) is 0 Å². The van der Waals surface area contributed by atoms with Crippen LogP contribution in [0.4, 0.5) is 11.4 Å². The molecule has 0 unspecified atom stereocenters. The van der Waals surface area contributed by atoms with Crippen LogP contribution in [-0.2, 0) is 11.2 Å². The number of carbonyl (C=O) groups is 1. The van der Waals surface area contributed by atoms with Crippen LogP contribution in [0.15, 0.2) is 59.7 Å². The van der Waals surface area contributed by atoms with Crippen LogP contribution < -0.4 is 10.1 Å². The zero-order valence-corrected chi connectivity index (χ0v) is 14.7. The van der Waals surface area contributed by atoms with E-state index in [-0.39, 0.29) is 5.91 Å². The van der Waals surface area contributed by atoms with E-state index in [1.54, 1.807) is 13.3 Å². The van der Waals surface area contributed by atoms with Crippen molar-refractivity contribution in [3.05, 3.63) is 77.1 Å². The van der Waals surface area contributed by atoms with Crippen LogP contribution in [0, 0.1) is 0 Å². The zero-order chi connectivity index (χ0) is 18.4. The lowest BCUT2D eigenvalue weighted by molar-refractivity contribution is -0.110. The Balaban J connectivity index is 1.65. The van der Waals surface area contributed by atoms with Crippen molar-refractivity contribution in [2.75, 3.05) is 12.4 Å². The highest BCUT2D eigenvalue weighted by Crippen LogP contribution is 2.45. The number of methoxy groups -OCH3 is 1. The molecule has 5 heteroatoms. The molecule has 2 N–H and O–H groups in total. The molecule has 1 aromatic heterocycles. The third kappa shape index (κ3) is 2.47. The standard InChI is InChI=1S/C22H17N3O2/c1-27-19-9-10-23-18(19)12-15-20-16(25-22(15)26)8-7-14-11-17(24-21(14)20)13-5-3-2-4-6-13/h2-10,12,23H,11H2,1H3,(H,25,26)/b15-12-. The number of hydrogen-bond donors (Lipinski definition) is 2. The summed E-state index contributed by atoms with van der Waals surface area (Å²) in [6.07, 6.45) is 4.39. The average molecular weight is 355 g/mol. The number of amides is 1. The maximum Gasteiger partial charge on any atom is 0.256 e. The van der Waals surface area contributed by atoms with Crippen molar-refractivity contribution in [3.63, 3.8) is 0 Å². The SMILES string of the molecule is COc1cc[nH]c1/C=C1\C(=O)Nc2ccc3c(c21)N=C(c1ccccc1)C3. The van der Waals surface area contributed by atoms with Crippen molar-refractivity contribution in [1.29, 1.82) is 0 Å². The molecule has 0 radical (unpaired) electrons. The summed E-state index contributed by atoms with van der Waals surface area (Å²) < 4.78 is 5.35. The van der Waals surface area contributed by atoms with E-state index in [2.05, 4.69) is 22.4 Å². The second kappa shape index (κ2) is 5.99. The molecule has 0 spiro atoms. The van der Waals surface area contributed by atoms with E-state index in [9.17, 15) is 4.79 Å². The molecular weight excluding hydrogens is 338 g/mol. The fourth-order valence-corrected chi connectivity index (χ4v) is 3.68. The Morgan fingerprint density at radius 2 is 1.96 bits per heavy atom. The molecule has 0 saturated heterocycles. The monoisotopic (exact) mass is 355 g/mol. The van der Waals surface area contributed by atoms with Gasteiger partial charge in [-0.3, -0.25) is 9.79 Å². The summed E-state index contributed by atoms with van der Waals surface area (Å²) in [6, 6.07) is 16.0. The number of aromatic nitrogens is 1. The van der Waals surface area contributed by atoms with Gasteiger partial charge in [0.1, 0.15) is 5.75 Å². The lowest BCUT2D eigenvalue weighted by atomic mass is 9.98. The second-order valence-electron chi connectivity index (χ2n) is 6.57. The predicted molar refractivity (Wildman–Crippen MR) is 107 cm³/mol. The number of nitrogens with one attached hydrogen (secondary N) is 2. The van der Waals surface area contributed by atoms with Gasteiger partial charge in [-0.05, 0) is 29.3 Å². The molecule has 3 aromatic rings. The topological polar surface area (TPSA) is 66.5 Å². The number of anilines is 1. The van der Waals surface area contributed by atoms with Crippen molar-refractivity contribution in [3.8, 4) is 5.75 Å². The third-order valence-corrected chi connectivity index (χ3v) is 4.98. The summed E-state index contributed by atoms with van der Waals surface area (Å²) in [4.78, 5) is 20.6. The smallest absolute Gasteiger partial charge is 0.256 e. The van der Waals surface area contributed by atoms with Gasteiger partial charge in [-0.1, -0.05) is 36.4 Å². The fraction of sp³-hybridized carbons (Fsp3) is 0.0909. The summed E-state index contributed by atoms with van der Waals surface area (Å²) in [7, 11) is 1.61. The maximum atomic E-state index is 12.6. The molecule has 1 amide bonds. The van der Waals surface area contributed by atoms with E-state index in [0.717, 1.165) is 45.9 Å². The number of ether oxygens (including phenoxy) is 1. The van der Waals surface area contributed by atoms with Crippen molar-refractivity contribution in [2.24, 2.45) is 4.99 Å². The second-order valence-corrected chi connectivity index (χ2v) is 6.57. The van der Waals surface area contributed by atoms with Gasteiger partial charge in [-0.15, -0.1) is 0 Å². The number of fused-ring (bicyclic) bond motifs is 3. The number of benzene rings is 2. The number of aliphatic imine (C=N–C) groups is 1. The normalized spacial score (nSPS) is 16.1. The molecule has 0 aliphatic carbocycles. The highest BCUT2D eigenvalue weighted by molar-refractivity contribution is 6.36. The van der Waals surface area contributed by atoms with Crippen LogP contribution in [0.5, 0.6) is 5.75 Å². The molecule has 5 rings (SSSR count). The van der Waals surface area contributed by atoms with Crippen LogP contribution in [0.2, 0.25) is 0 Å². The summed E-state index contributed by atoms with van der Waals surface area (Å²) in [6.45, 7) is 0. The minimum Gasteiger partial charge on any atom is -0.495 e. The molecular formula is C22H17N3O2. The molecule has 0 bridgehead atoms. The fourth-order valence-electron chi connectivity index (χ4n) is 3.68. The first kappa shape index (κ1) is 15.6. The molecule has 3 heterocycles. The first-order chi connectivity index (χ1) is 13.2. The third-order valence-electron chi connectivity index (χ3n) is 4.98. The van der Waals surface area contributed by atoms with E-state index < -0.39 is 0 Å². The Hall–Kier alpha value is -3.60. The number of nitrogens with zero attached hydrogens (tertiary/aromatic N) is 1. The lowest BCUT2D eigenvalue weighted by Crippen LogP contribution is -2.03.